The Kier molecular flexibility index (Phi) is 7.47. The molecule has 2 aromatic carbocycles. The Balaban J connectivity index is 1.14. The molecule has 0 aliphatic carbocycles. The second kappa shape index (κ2) is 12.0. The minimum Gasteiger partial charge on any atom is -0.378 e. The van der Waals surface area contributed by atoms with Crippen molar-refractivity contribution in [3.8, 4) is 22.6 Å². The van der Waals surface area contributed by atoms with Crippen molar-refractivity contribution in [1.82, 2.24) is 24.3 Å². The molecular formula is C32H28N8O2S. The molecule has 1 aliphatic heterocycles. The van der Waals surface area contributed by atoms with Gasteiger partial charge in [0.05, 0.1) is 31.0 Å². The number of amides is 1. The quantitative estimate of drug-likeness (QED) is 0.234. The van der Waals surface area contributed by atoms with Crippen LogP contribution in [0.25, 0.3) is 27.6 Å². The third kappa shape index (κ3) is 5.94. The molecule has 11 heteroatoms. The SMILES string of the molecule is O=C(Cc1cccnc1)Nc1cccc(-c2nc3sccn3c2-c2ccnc(Nc3ccc(N4CCOCC4)cc3)n2)c1. The summed E-state index contributed by atoms with van der Waals surface area (Å²) in [4.78, 5) is 34.3. The van der Waals surface area contributed by atoms with Gasteiger partial charge in [0.25, 0.3) is 0 Å². The van der Waals surface area contributed by atoms with Crippen molar-refractivity contribution in [1.29, 1.82) is 0 Å². The molecule has 43 heavy (non-hydrogen) atoms. The van der Waals surface area contributed by atoms with Gasteiger partial charge in [-0.15, -0.1) is 11.3 Å². The van der Waals surface area contributed by atoms with E-state index < -0.39 is 0 Å². The molecule has 1 amide bonds. The maximum absolute atomic E-state index is 12.7. The smallest absolute Gasteiger partial charge is 0.228 e. The number of ether oxygens (including phenoxy) is 1. The van der Waals surface area contributed by atoms with E-state index in [1.54, 1.807) is 29.9 Å². The van der Waals surface area contributed by atoms with E-state index in [0.29, 0.717) is 11.6 Å². The molecule has 4 aromatic heterocycles. The molecule has 214 valence electrons. The van der Waals surface area contributed by atoms with Crippen LogP contribution in [0.15, 0.2) is 96.9 Å². The molecule has 7 rings (SSSR count). The van der Waals surface area contributed by atoms with E-state index in [1.165, 1.54) is 5.69 Å². The number of anilines is 4. The van der Waals surface area contributed by atoms with Crippen LogP contribution in [-0.4, -0.2) is 56.5 Å². The average molecular weight is 589 g/mol. The zero-order valence-electron chi connectivity index (χ0n) is 23.2. The van der Waals surface area contributed by atoms with E-state index in [9.17, 15) is 4.79 Å². The van der Waals surface area contributed by atoms with Crippen LogP contribution >= 0.6 is 11.3 Å². The van der Waals surface area contributed by atoms with Crippen LogP contribution in [0.5, 0.6) is 0 Å². The first-order valence-corrected chi connectivity index (χ1v) is 14.9. The Morgan fingerprint density at radius 2 is 1.84 bits per heavy atom. The number of aromatic nitrogens is 5. The highest BCUT2D eigenvalue weighted by Crippen LogP contribution is 2.35. The number of fused-ring (bicyclic) bond motifs is 1. The van der Waals surface area contributed by atoms with Crippen molar-refractivity contribution >= 4 is 45.2 Å². The van der Waals surface area contributed by atoms with Crippen LogP contribution in [-0.2, 0) is 16.0 Å². The average Bonchev–Trinajstić information content (AvgIpc) is 3.65. The van der Waals surface area contributed by atoms with Gasteiger partial charge in [-0.25, -0.2) is 15.0 Å². The lowest BCUT2D eigenvalue weighted by Crippen LogP contribution is -2.36. The Hall–Kier alpha value is -5.13. The predicted molar refractivity (Wildman–Crippen MR) is 169 cm³/mol. The van der Waals surface area contributed by atoms with E-state index in [0.717, 1.165) is 65.2 Å². The predicted octanol–water partition coefficient (Wildman–Crippen LogP) is 5.68. The van der Waals surface area contributed by atoms with Crippen molar-refractivity contribution in [2.45, 2.75) is 6.42 Å². The number of morpholine rings is 1. The highest BCUT2D eigenvalue weighted by atomic mass is 32.1. The first kappa shape index (κ1) is 26.7. The second-order valence-corrected chi connectivity index (χ2v) is 10.9. The van der Waals surface area contributed by atoms with Crippen molar-refractivity contribution in [3.63, 3.8) is 0 Å². The van der Waals surface area contributed by atoms with Gasteiger partial charge in [-0.1, -0.05) is 18.2 Å². The first-order chi connectivity index (χ1) is 21.2. The molecule has 0 radical (unpaired) electrons. The lowest BCUT2D eigenvalue weighted by Gasteiger charge is -2.28. The summed E-state index contributed by atoms with van der Waals surface area (Å²) < 4.78 is 7.51. The van der Waals surface area contributed by atoms with E-state index in [-0.39, 0.29) is 12.3 Å². The summed E-state index contributed by atoms with van der Waals surface area (Å²) in [5, 5.41) is 8.35. The van der Waals surface area contributed by atoms with E-state index in [2.05, 4.69) is 37.6 Å². The fourth-order valence-electron chi connectivity index (χ4n) is 5.13. The van der Waals surface area contributed by atoms with E-state index in [1.807, 2.05) is 70.6 Å². The van der Waals surface area contributed by atoms with Crippen molar-refractivity contribution in [3.05, 3.63) is 102 Å². The van der Waals surface area contributed by atoms with Crippen LogP contribution in [0.1, 0.15) is 5.56 Å². The summed E-state index contributed by atoms with van der Waals surface area (Å²) in [5.74, 6) is 0.379. The molecular weight excluding hydrogens is 560 g/mol. The number of carbonyl (C=O) groups is 1. The molecule has 2 N–H and O–H groups in total. The molecule has 1 saturated heterocycles. The number of imidazole rings is 1. The fraction of sp³-hybridized carbons (Fsp3) is 0.156. The topological polar surface area (TPSA) is 110 Å². The standard InChI is InChI=1S/C32H28N8O2S/c41-28(19-22-3-2-11-33-21-22)35-25-5-1-4-23(20-25)29-30(40-15-18-43-32(40)38-29)27-10-12-34-31(37-27)36-24-6-8-26(9-7-24)39-13-16-42-17-14-39/h1-12,15,18,20-21H,13-14,16-17,19H2,(H,35,41)(H,34,36,37). The molecule has 0 bridgehead atoms. The van der Waals surface area contributed by atoms with Gasteiger partial charge < -0.3 is 20.3 Å². The van der Waals surface area contributed by atoms with Crippen molar-refractivity contribution in [2.75, 3.05) is 41.8 Å². The highest BCUT2D eigenvalue weighted by Gasteiger charge is 2.19. The fourth-order valence-corrected chi connectivity index (χ4v) is 5.84. The monoisotopic (exact) mass is 588 g/mol. The van der Waals surface area contributed by atoms with Crippen LogP contribution < -0.4 is 15.5 Å². The zero-order valence-corrected chi connectivity index (χ0v) is 24.0. The summed E-state index contributed by atoms with van der Waals surface area (Å²) >= 11 is 1.55. The van der Waals surface area contributed by atoms with Gasteiger partial charge in [-0.3, -0.25) is 14.2 Å². The number of carbonyl (C=O) groups excluding carboxylic acids is 1. The molecule has 1 fully saturated rings. The first-order valence-electron chi connectivity index (χ1n) is 14.0. The van der Waals surface area contributed by atoms with Crippen molar-refractivity contribution in [2.24, 2.45) is 0 Å². The number of hydrogen-bond acceptors (Lipinski definition) is 9. The zero-order chi connectivity index (χ0) is 29.0. The summed E-state index contributed by atoms with van der Waals surface area (Å²) in [7, 11) is 0. The number of pyridine rings is 1. The molecule has 6 aromatic rings. The molecule has 10 nitrogen and oxygen atoms in total. The molecule has 0 saturated carbocycles. The Bertz CT molecular complexity index is 1860. The number of rotatable bonds is 8. The number of nitrogens with zero attached hydrogens (tertiary/aromatic N) is 6. The molecule has 1 aliphatic rings. The largest absolute Gasteiger partial charge is 0.378 e. The van der Waals surface area contributed by atoms with Gasteiger partial charge in [0.15, 0.2) is 4.96 Å². The third-order valence-electron chi connectivity index (χ3n) is 7.17. The number of hydrogen-bond donors (Lipinski definition) is 2. The van der Waals surface area contributed by atoms with Crippen LogP contribution in [0.4, 0.5) is 23.0 Å². The number of nitrogens with one attached hydrogen (secondary N) is 2. The van der Waals surface area contributed by atoms with Gasteiger partial charge in [-0.2, -0.15) is 0 Å². The molecule has 0 spiro atoms. The van der Waals surface area contributed by atoms with Gasteiger partial charge >= 0.3 is 0 Å². The minimum atomic E-state index is -0.110. The van der Waals surface area contributed by atoms with Crippen LogP contribution in [0.3, 0.4) is 0 Å². The van der Waals surface area contributed by atoms with Crippen molar-refractivity contribution < 1.29 is 9.53 Å². The number of thiazole rings is 1. The third-order valence-corrected chi connectivity index (χ3v) is 7.92. The van der Waals surface area contributed by atoms with Gasteiger partial charge in [0.1, 0.15) is 5.69 Å². The lowest BCUT2D eigenvalue weighted by atomic mass is 10.1. The minimum absolute atomic E-state index is 0.110. The Morgan fingerprint density at radius 3 is 2.67 bits per heavy atom. The highest BCUT2D eigenvalue weighted by molar-refractivity contribution is 7.15. The number of benzene rings is 2. The van der Waals surface area contributed by atoms with Gasteiger partial charge in [0.2, 0.25) is 11.9 Å². The molecule has 5 heterocycles. The normalized spacial score (nSPS) is 13.3. The van der Waals surface area contributed by atoms with Crippen LogP contribution in [0.2, 0.25) is 0 Å². The molecule has 0 atom stereocenters. The van der Waals surface area contributed by atoms with Gasteiger partial charge in [-0.05, 0) is 54.1 Å². The lowest BCUT2D eigenvalue weighted by molar-refractivity contribution is -0.115. The van der Waals surface area contributed by atoms with E-state index >= 15 is 0 Å². The molecule has 0 unspecified atom stereocenters. The summed E-state index contributed by atoms with van der Waals surface area (Å²) in [6.45, 7) is 3.28. The summed E-state index contributed by atoms with van der Waals surface area (Å²) in [6.07, 6.45) is 7.38. The maximum Gasteiger partial charge on any atom is 0.228 e. The Morgan fingerprint density at radius 1 is 0.953 bits per heavy atom. The Labute approximate surface area is 252 Å². The summed E-state index contributed by atoms with van der Waals surface area (Å²) in [6, 6.07) is 21.6. The summed E-state index contributed by atoms with van der Waals surface area (Å²) in [5.41, 5.74) is 6.85. The van der Waals surface area contributed by atoms with Crippen LogP contribution in [0, 0.1) is 0 Å². The second-order valence-electron chi connectivity index (χ2n) is 10.1. The van der Waals surface area contributed by atoms with E-state index in [4.69, 9.17) is 14.7 Å². The maximum atomic E-state index is 12.7. The van der Waals surface area contributed by atoms with Gasteiger partial charge in [0, 0.05) is 65.9 Å².